The van der Waals surface area contributed by atoms with Crippen molar-refractivity contribution >= 4 is 17.7 Å². The largest absolute Gasteiger partial charge is 0.383 e. The molecule has 0 atom stereocenters. The number of carbonyl (C=O) groups is 1. The predicted octanol–water partition coefficient (Wildman–Crippen LogP) is 2.38. The molecule has 0 spiro atoms. The summed E-state index contributed by atoms with van der Waals surface area (Å²) in [6, 6.07) is 8.54. The number of ether oxygens (including phenoxy) is 1. The van der Waals surface area contributed by atoms with Crippen LogP contribution in [0.3, 0.4) is 0 Å². The second kappa shape index (κ2) is 10.7. The minimum Gasteiger partial charge on any atom is -0.383 e. The van der Waals surface area contributed by atoms with E-state index in [4.69, 9.17) is 4.74 Å². The Balaban J connectivity index is 2.27. The highest BCUT2D eigenvalue weighted by molar-refractivity contribution is 7.99. The molecule has 1 amide bonds. The van der Waals surface area contributed by atoms with Crippen molar-refractivity contribution in [1.82, 2.24) is 10.2 Å². The Morgan fingerprint density at radius 3 is 2.90 bits per heavy atom. The Kier molecular flexibility index (Phi) is 9.14. The number of carbonyl (C=O) groups excluding carboxylic acids is 1. The van der Waals surface area contributed by atoms with Crippen LogP contribution in [-0.2, 0) is 16.1 Å². The van der Waals surface area contributed by atoms with Gasteiger partial charge in [-0.1, -0.05) is 12.1 Å². The molecule has 0 aliphatic carbocycles. The summed E-state index contributed by atoms with van der Waals surface area (Å²) in [6.07, 6.45) is 1.54. The van der Waals surface area contributed by atoms with Gasteiger partial charge in [-0.15, -0.1) is 11.8 Å². The Morgan fingerprint density at radius 2 is 2.19 bits per heavy atom. The molecule has 0 aromatic heterocycles. The van der Waals surface area contributed by atoms with Crippen LogP contribution < -0.4 is 5.32 Å². The molecule has 5 heteroatoms. The molecule has 0 aliphatic rings. The summed E-state index contributed by atoms with van der Waals surface area (Å²) < 4.78 is 5.01. The van der Waals surface area contributed by atoms with Gasteiger partial charge in [0.25, 0.3) is 0 Å². The molecule has 0 fully saturated rings. The minimum atomic E-state index is 0.201. The predicted molar refractivity (Wildman–Crippen MR) is 88.7 cm³/mol. The van der Waals surface area contributed by atoms with Crippen LogP contribution in [0, 0.1) is 0 Å². The number of benzene rings is 1. The quantitative estimate of drug-likeness (QED) is 0.532. The molecule has 0 aliphatic heterocycles. The summed E-state index contributed by atoms with van der Waals surface area (Å²) in [7, 11) is 5.31. The second-order valence-corrected chi connectivity index (χ2v) is 6.23. The van der Waals surface area contributed by atoms with Gasteiger partial charge < -0.3 is 15.0 Å². The average molecular weight is 310 g/mol. The lowest BCUT2D eigenvalue weighted by Gasteiger charge is -2.10. The summed E-state index contributed by atoms with van der Waals surface area (Å²) in [5, 5.41) is 3.34. The Hall–Kier alpha value is -1.04. The maximum atomic E-state index is 11.5. The van der Waals surface area contributed by atoms with E-state index >= 15 is 0 Å². The smallest absolute Gasteiger partial charge is 0.222 e. The van der Waals surface area contributed by atoms with Crippen LogP contribution in [0.1, 0.15) is 18.4 Å². The zero-order chi connectivity index (χ0) is 15.5. The van der Waals surface area contributed by atoms with Crippen molar-refractivity contribution < 1.29 is 9.53 Å². The van der Waals surface area contributed by atoms with Crippen molar-refractivity contribution in [2.24, 2.45) is 0 Å². The first kappa shape index (κ1) is 18.0. The summed E-state index contributed by atoms with van der Waals surface area (Å²) in [4.78, 5) is 14.4. The van der Waals surface area contributed by atoms with E-state index in [0.717, 1.165) is 31.9 Å². The second-order valence-electron chi connectivity index (χ2n) is 5.06. The fraction of sp³-hybridized carbons (Fsp3) is 0.562. The molecule has 4 nitrogen and oxygen atoms in total. The zero-order valence-electron chi connectivity index (χ0n) is 13.2. The van der Waals surface area contributed by atoms with E-state index in [9.17, 15) is 4.79 Å². The summed E-state index contributed by atoms with van der Waals surface area (Å²) in [5.41, 5.74) is 1.28. The number of methoxy groups -OCH3 is 1. The van der Waals surface area contributed by atoms with Crippen LogP contribution in [0.5, 0.6) is 0 Å². The summed E-state index contributed by atoms with van der Waals surface area (Å²) in [5.74, 6) is 1.17. The van der Waals surface area contributed by atoms with Crippen LogP contribution in [0.25, 0.3) is 0 Å². The van der Waals surface area contributed by atoms with Crippen LogP contribution in [0.2, 0.25) is 0 Å². The van der Waals surface area contributed by atoms with E-state index < -0.39 is 0 Å². The Bertz CT molecular complexity index is 424. The van der Waals surface area contributed by atoms with Crippen molar-refractivity contribution in [2.45, 2.75) is 24.3 Å². The van der Waals surface area contributed by atoms with E-state index in [1.54, 1.807) is 26.1 Å². The molecule has 0 bridgehead atoms. The van der Waals surface area contributed by atoms with Crippen LogP contribution in [-0.4, -0.2) is 50.9 Å². The van der Waals surface area contributed by atoms with Crippen LogP contribution in [0.4, 0.5) is 0 Å². The molecule has 0 saturated heterocycles. The number of amides is 1. The highest BCUT2D eigenvalue weighted by Crippen LogP contribution is 2.20. The molecule has 0 heterocycles. The molecule has 0 radical (unpaired) electrons. The standard InChI is InChI=1S/C16H26N2O2S/c1-18(2)16(19)8-5-11-21-15-7-4-6-14(12-15)13-17-9-10-20-3/h4,6-7,12,17H,5,8-11,13H2,1-3H3. The zero-order valence-corrected chi connectivity index (χ0v) is 14.0. The first-order valence-corrected chi connectivity index (χ1v) is 8.23. The van der Waals surface area contributed by atoms with E-state index in [2.05, 4.69) is 29.6 Å². The van der Waals surface area contributed by atoms with Crippen molar-refractivity contribution in [2.75, 3.05) is 40.1 Å². The SMILES string of the molecule is COCCNCc1cccc(SCCCC(=O)N(C)C)c1. The van der Waals surface area contributed by atoms with Gasteiger partial charge in [-0.25, -0.2) is 0 Å². The molecule has 1 rings (SSSR count). The van der Waals surface area contributed by atoms with E-state index in [1.165, 1.54) is 10.5 Å². The number of hydrogen-bond acceptors (Lipinski definition) is 4. The van der Waals surface area contributed by atoms with E-state index in [1.807, 2.05) is 11.8 Å². The lowest BCUT2D eigenvalue weighted by Crippen LogP contribution is -2.21. The lowest BCUT2D eigenvalue weighted by atomic mass is 10.2. The molecular formula is C16H26N2O2S. The van der Waals surface area contributed by atoms with Gasteiger partial charge in [0.05, 0.1) is 6.61 Å². The van der Waals surface area contributed by atoms with Gasteiger partial charge in [0.1, 0.15) is 0 Å². The van der Waals surface area contributed by atoms with Crippen LogP contribution in [0.15, 0.2) is 29.2 Å². The van der Waals surface area contributed by atoms with Gasteiger partial charge in [-0.05, 0) is 29.9 Å². The van der Waals surface area contributed by atoms with Gasteiger partial charge in [0.2, 0.25) is 5.91 Å². The lowest BCUT2D eigenvalue weighted by molar-refractivity contribution is -0.128. The Labute approximate surface area is 132 Å². The van der Waals surface area contributed by atoms with Gasteiger partial charge >= 0.3 is 0 Å². The molecule has 1 N–H and O–H groups in total. The van der Waals surface area contributed by atoms with Crippen LogP contribution >= 0.6 is 11.8 Å². The summed E-state index contributed by atoms with van der Waals surface area (Å²) >= 11 is 1.81. The number of rotatable bonds is 10. The highest BCUT2D eigenvalue weighted by Gasteiger charge is 2.03. The average Bonchev–Trinajstić information content (AvgIpc) is 2.48. The summed E-state index contributed by atoms with van der Waals surface area (Å²) in [6.45, 7) is 2.45. The van der Waals surface area contributed by atoms with Crippen molar-refractivity contribution in [3.05, 3.63) is 29.8 Å². The maximum absolute atomic E-state index is 11.5. The van der Waals surface area contributed by atoms with Gasteiger partial charge in [-0.2, -0.15) is 0 Å². The topological polar surface area (TPSA) is 41.6 Å². The van der Waals surface area contributed by atoms with Gasteiger partial charge in [-0.3, -0.25) is 4.79 Å². The van der Waals surface area contributed by atoms with Crippen molar-refractivity contribution in [3.8, 4) is 0 Å². The first-order valence-electron chi connectivity index (χ1n) is 7.25. The highest BCUT2D eigenvalue weighted by atomic mass is 32.2. The molecule has 1 aromatic rings. The molecule has 0 unspecified atom stereocenters. The number of nitrogens with zero attached hydrogens (tertiary/aromatic N) is 1. The molecule has 118 valence electrons. The normalized spacial score (nSPS) is 10.6. The third-order valence-electron chi connectivity index (χ3n) is 3.01. The third kappa shape index (κ3) is 8.09. The number of hydrogen-bond donors (Lipinski definition) is 1. The third-order valence-corrected chi connectivity index (χ3v) is 4.09. The number of nitrogens with one attached hydrogen (secondary N) is 1. The monoisotopic (exact) mass is 310 g/mol. The van der Waals surface area contributed by atoms with Crippen molar-refractivity contribution in [3.63, 3.8) is 0 Å². The van der Waals surface area contributed by atoms with Gasteiger partial charge in [0.15, 0.2) is 0 Å². The molecular weight excluding hydrogens is 284 g/mol. The maximum Gasteiger partial charge on any atom is 0.222 e. The van der Waals surface area contributed by atoms with E-state index in [0.29, 0.717) is 6.42 Å². The minimum absolute atomic E-state index is 0.201. The van der Waals surface area contributed by atoms with Gasteiger partial charge in [0, 0.05) is 45.6 Å². The molecule has 0 saturated carbocycles. The Morgan fingerprint density at radius 1 is 1.38 bits per heavy atom. The van der Waals surface area contributed by atoms with E-state index in [-0.39, 0.29) is 5.91 Å². The molecule has 21 heavy (non-hydrogen) atoms. The van der Waals surface area contributed by atoms with Crippen molar-refractivity contribution in [1.29, 1.82) is 0 Å². The molecule has 1 aromatic carbocycles. The number of thioether (sulfide) groups is 1. The fourth-order valence-corrected chi connectivity index (χ4v) is 2.72. The fourth-order valence-electron chi connectivity index (χ4n) is 1.79. The first-order chi connectivity index (χ1) is 10.1.